The number of aliphatic imine (C=N–C) groups is 1. The summed E-state index contributed by atoms with van der Waals surface area (Å²) in [4.78, 5) is 18.3. The minimum absolute atomic E-state index is 0. The molecule has 21 heavy (non-hydrogen) atoms. The molecule has 0 saturated carbocycles. The summed E-state index contributed by atoms with van der Waals surface area (Å²) in [6.07, 6.45) is 2.75. The minimum atomic E-state index is 0. The average molecular weight is 412 g/mol. The van der Waals surface area contributed by atoms with Gasteiger partial charge in [-0.2, -0.15) is 0 Å². The van der Waals surface area contributed by atoms with E-state index in [2.05, 4.69) is 15.6 Å². The van der Waals surface area contributed by atoms with Crippen LogP contribution in [0.1, 0.15) is 33.1 Å². The molecular formula is C14H29IN4O2. The maximum absolute atomic E-state index is 11.9. The number of likely N-dealkylation sites (tertiary alicyclic amines) is 1. The van der Waals surface area contributed by atoms with Crippen molar-refractivity contribution in [2.45, 2.75) is 39.2 Å². The van der Waals surface area contributed by atoms with Crippen LogP contribution in [0.5, 0.6) is 0 Å². The van der Waals surface area contributed by atoms with Crippen LogP contribution in [-0.2, 0) is 9.53 Å². The van der Waals surface area contributed by atoms with E-state index in [9.17, 15) is 4.79 Å². The Morgan fingerprint density at radius 3 is 2.62 bits per heavy atom. The van der Waals surface area contributed by atoms with Crippen molar-refractivity contribution in [3.63, 3.8) is 0 Å². The average Bonchev–Trinajstić information content (AvgIpc) is 2.93. The Hall–Kier alpha value is -0.570. The van der Waals surface area contributed by atoms with Gasteiger partial charge in [0.1, 0.15) is 0 Å². The number of hydrogen-bond donors (Lipinski definition) is 2. The number of guanidine groups is 1. The zero-order valence-electron chi connectivity index (χ0n) is 13.4. The third-order valence-corrected chi connectivity index (χ3v) is 3.20. The lowest BCUT2D eigenvalue weighted by Gasteiger charge is -2.17. The molecule has 1 aliphatic rings. The zero-order chi connectivity index (χ0) is 14.8. The number of carbonyl (C=O) groups is 1. The van der Waals surface area contributed by atoms with E-state index in [0.717, 1.165) is 38.4 Å². The van der Waals surface area contributed by atoms with Crippen molar-refractivity contribution in [3.05, 3.63) is 0 Å². The fraction of sp³-hybridized carbons (Fsp3) is 0.857. The monoisotopic (exact) mass is 412 g/mol. The summed E-state index contributed by atoms with van der Waals surface area (Å²) in [5.41, 5.74) is 0. The molecule has 1 unspecified atom stereocenters. The van der Waals surface area contributed by atoms with Crippen LogP contribution in [0.4, 0.5) is 0 Å². The fourth-order valence-corrected chi connectivity index (χ4v) is 2.23. The van der Waals surface area contributed by atoms with Crippen LogP contribution in [0.3, 0.4) is 0 Å². The first-order valence-electron chi connectivity index (χ1n) is 7.49. The summed E-state index contributed by atoms with van der Waals surface area (Å²) in [5.74, 6) is 0.957. The predicted molar refractivity (Wildman–Crippen MR) is 96.3 cm³/mol. The Morgan fingerprint density at radius 1 is 1.38 bits per heavy atom. The molecule has 6 nitrogen and oxygen atoms in total. The highest BCUT2D eigenvalue weighted by Crippen LogP contribution is 2.08. The number of halogens is 1. The van der Waals surface area contributed by atoms with Crippen molar-refractivity contribution in [2.24, 2.45) is 4.99 Å². The maximum Gasteiger partial charge on any atom is 0.224 e. The molecule has 0 aromatic rings. The first-order valence-corrected chi connectivity index (χ1v) is 7.49. The van der Waals surface area contributed by atoms with Gasteiger partial charge in [-0.05, 0) is 26.7 Å². The molecule has 0 radical (unpaired) electrons. The van der Waals surface area contributed by atoms with Crippen LogP contribution in [0.2, 0.25) is 0 Å². The van der Waals surface area contributed by atoms with Crippen LogP contribution < -0.4 is 10.6 Å². The molecule has 1 fully saturated rings. The number of hydrogen-bond acceptors (Lipinski definition) is 3. The molecule has 1 heterocycles. The first-order chi connectivity index (χ1) is 9.67. The maximum atomic E-state index is 11.9. The highest BCUT2D eigenvalue weighted by Gasteiger charge is 2.17. The first kappa shape index (κ1) is 20.4. The van der Waals surface area contributed by atoms with E-state index in [1.807, 2.05) is 18.7 Å². The second kappa shape index (κ2) is 12.0. The van der Waals surface area contributed by atoms with E-state index >= 15 is 0 Å². The number of nitrogens with zero attached hydrogens (tertiary/aromatic N) is 2. The van der Waals surface area contributed by atoms with E-state index < -0.39 is 0 Å². The van der Waals surface area contributed by atoms with Gasteiger partial charge in [-0.1, -0.05) is 0 Å². The second-order valence-corrected chi connectivity index (χ2v) is 5.10. The highest BCUT2D eigenvalue weighted by atomic mass is 127. The molecule has 0 aromatic heterocycles. The summed E-state index contributed by atoms with van der Waals surface area (Å²) in [7, 11) is 1.68. The molecule has 0 aliphatic carbocycles. The van der Waals surface area contributed by atoms with Gasteiger partial charge in [-0.3, -0.25) is 9.79 Å². The fourth-order valence-electron chi connectivity index (χ4n) is 2.23. The van der Waals surface area contributed by atoms with Crippen molar-refractivity contribution in [3.8, 4) is 0 Å². The van der Waals surface area contributed by atoms with E-state index in [1.165, 1.54) is 0 Å². The van der Waals surface area contributed by atoms with Gasteiger partial charge in [-0.15, -0.1) is 24.0 Å². The van der Waals surface area contributed by atoms with Crippen molar-refractivity contribution < 1.29 is 9.53 Å². The number of amides is 1. The summed E-state index contributed by atoms with van der Waals surface area (Å²) in [6, 6.07) is 0.187. The Bertz CT molecular complexity index is 320. The predicted octanol–water partition coefficient (Wildman–Crippen LogP) is 1.21. The Kier molecular flexibility index (Phi) is 11.7. The molecule has 0 bridgehead atoms. The summed E-state index contributed by atoms with van der Waals surface area (Å²) in [5, 5.41) is 6.42. The van der Waals surface area contributed by atoms with E-state index in [-0.39, 0.29) is 35.9 Å². The third-order valence-electron chi connectivity index (χ3n) is 3.20. The van der Waals surface area contributed by atoms with Gasteiger partial charge >= 0.3 is 0 Å². The van der Waals surface area contributed by atoms with Crippen molar-refractivity contribution in [2.75, 3.05) is 39.9 Å². The molecule has 1 saturated heterocycles. The number of rotatable bonds is 7. The zero-order valence-corrected chi connectivity index (χ0v) is 15.7. The quantitative estimate of drug-likeness (QED) is 0.375. The number of nitrogens with one attached hydrogen (secondary N) is 2. The van der Waals surface area contributed by atoms with Crippen LogP contribution in [-0.4, -0.2) is 62.7 Å². The molecular weight excluding hydrogens is 383 g/mol. The van der Waals surface area contributed by atoms with Gasteiger partial charge in [0.25, 0.3) is 0 Å². The normalized spacial score (nSPS) is 16.3. The van der Waals surface area contributed by atoms with Gasteiger partial charge in [0.15, 0.2) is 5.96 Å². The van der Waals surface area contributed by atoms with Crippen LogP contribution in [0.15, 0.2) is 4.99 Å². The number of methoxy groups -OCH3 is 1. The van der Waals surface area contributed by atoms with Crippen molar-refractivity contribution >= 4 is 35.8 Å². The minimum Gasteiger partial charge on any atom is -0.383 e. The van der Waals surface area contributed by atoms with Gasteiger partial charge in [0, 0.05) is 39.2 Å². The van der Waals surface area contributed by atoms with Gasteiger partial charge in [0.05, 0.1) is 13.2 Å². The number of carbonyl (C=O) groups excluding carboxylic acids is 1. The van der Waals surface area contributed by atoms with Crippen LogP contribution >= 0.6 is 24.0 Å². The summed E-state index contributed by atoms with van der Waals surface area (Å²) < 4.78 is 5.09. The van der Waals surface area contributed by atoms with Crippen LogP contribution in [0.25, 0.3) is 0 Å². The molecule has 2 N–H and O–H groups in total. The van der Waals surface area contributed by atoms with E-state index in [1.54, 1.807) is 7.11 Å². The van der Waals surface area contributed by atoms with E-state index in [0.29, 0.717) is 19.6 Å². The molecule has 1 aliphatic heterocycles. The van der Waals surface area contributed by atoms with Gasteiger partial charge in [0.2, 0.25) is 5.91 Å². The molecule has 1 rings (SSSR count). The second-order valence-electron chi connectivity index (χ2n) is 5.10. The van der Waals surface area contributed by atoms with Gasteiger partial charge < -0.3 is 20.3 Å². The highest BCUT2D eigenvalue weighted by molar-refractivity contribution is 14.0. The Labute approximate surface area is 145 Å². The smallest absolute Gasteiger partial charge is 0.224 e. The lowest BCUT2D eigenvalue weighted by Crippen LogP contribution is -2.44. The SMILES string of the molecule is CCNC(=NCCC(=O)N1CCCC1)NC(C)COC.I. The molecule has 0 aromatic carbocycles. The summed E-state index contributed by atoms with van der Waals surface area (Å²) in [6.45, 7) is 7.81. The van der Waals surface area contributed by atoms with E-state index in [4.69, 9.17) is 4.74 Å². The van der Waals surface area contributed by atoms with Crippen molar-refractivity contribution in [1.82, 2.24) is 15.5 Å². The molecule has 0 spiro atoms. The molecule has 7 heteroatoms. The third kappa shape index (κ3) is 8.45. The number of ether oxygens (including phenoxy) is 1. The lowest BCUT2D eigenvalue weighted by molar-refractivity contribution is -0.129. The largest absolute Gasteiger partial charge is 0.383 e. The Morgan fingerprint density at radius 2 is 2.05 bits per heavy atom. The standard InChI is InChI=1S/C14H28N4O2.HI/c1-4-15-14(17-12(2)11-20-3)16-8-7-13(19)18-9-5-6-10-18;/h12H,4-11H2,1-3H3,(H2,15,16,17);1H. The van der Waals surface area contributed by atoms with Crippen LogP contribution in [0, 0.1) is 0 Å². The Balaban J connectivity index is 0.00000400. The van der Waals surface area contributed by atoms with Gasteiger partial charge in [-0.25, -0.2) is 0 Å². The lowest BCUT2D eigenvalue weighted by atomic mass is 10.3. The van der Waals surface area contributed by atoms with Crippen molar-refractivity contribution in [1.29, 1.82) is 0 Å². The molecule has 124 valence electrons. The summed E-state index contributed by atoms with van der Waals surface area (Å²) >= 11 is 0. The molecule has 1 amide bonds. The topological polar surface area (TPSA) is 66.0 Å². The molecule has 1 atom stereocenters.